The Morgan fingerprint density at radius 3 is 2.46 bits per heavy atom. The van der Waals surface area contributed by atoms with Crippen LogP contribution in [0.1, 0.15) is 59.3 Å². The summed E-state index contributed by atoms with van der Waals surface area (Å²) in [4.78, 5) is 0. The second-order valence-corrected chi connectivity index (χ2v) is 5.25. The molecule has 0 saturated heterocycles. The Morgan fingerprint density at radius 2 is 1.92 bits per heavy atom. The van der Waals surface area contributed by atoms with Crippen LogP contribution in [0.5, 0.6) is 0 Å². The molecule has 1 N–H and O–H groups in total. The molecule has 1 nitrogen and oxygen atoms in total. The van der Waals surface area contributed by atoms with Crippen LogP contribution in [0, 0.1) is 5.41 Å². The van der Waals surface area contributed by atoms with Crippen molar-refractivity contribution in [2.75, 3.05) is 6.54 Å². The van der Waals surface area contributed by atoms with E-state index < -0.39 is 0 Å². The van der Waals surface area contributed by atoms with Crippen LogP contribution in [0.15, 0.2) is 0 Å². The van der Waals surface area contributed by atoms with Gasteiger partial charge in [-0.05, 0) is 37.6 Å². The number of nitrogens with one attached hydrogen (secondary N) is 1. The van der Waals surface area contributed by atoms with E-state index >= 15 is 0 Å². The summed E-state index contributed by atoms with van der Waals surface area (Å²) in [6.07, 6.45) is 8.26. The van der Waals surface area contributed by atoms with Crippen LogP contribution in [0.3, 0.4) is 0 Å². The van der Waals surface area contributed by atoms with Gasteiger partial charge in [-0.3, -0.25) is 0 Å². The highest BCUT2D eigenvalue weighted by Gasteiger charge is 2.22. The van der Waals surface area contributed by atoms with Gasteiger partial charge in [0.25, 0.3) is 0 Å². The van der Waals surface area contributed by atoms with Crippen LogP contribution in [0.4, 0.5) is 0 Å². The predicted molar refractivity (Wildman–Crippen MR) is 58.9 cm³/mol. The fourth-order valence-electron chi connectivity index (χ4n) is 1.68. The van der Waals surface area contributed by atoms with Gasteiger partial charge in [0, 0.05) is 6.04 Å². The molecule has 1 fully saturated rings. The molecule has 0 radical (unpaired) electrons. The van der Waals surface area contributed by atoms with Gasteiger partial charge in [-0.1, -0.05) is 33.6 Å². The van der Waals surface area contributed by atoms with Crippen molar-refractivity contribution >= 4 is 0 Å². The molecule has 1 aliphatic carbocycles. The zero-order chi connectivity index (χ0) is 9.73. The van der Waals surface area contributed by atoms with Gasteiger partial charge >= 0.3 is 0 Å². The summed E-state index contributed by atoms with van der Waals surface area (Å²) in [6, 6.07) is 0.877. The van der Waals surface area contributed by atoms with E-state index in [0.29, 0.717) is 5.41 Å². The molecule has 0 aromatic carbocycles. The van der Waals surface area contributed by atoms with Crippen molar-refractivity contribution in [3.8, 4) is 0 Å². The Hall–Kier alpha value is -0.0400. The molecule has 0 unspecified atom stereocenters. The van der Waals surface area contributed by atoms with Crippen molar-refractivity contribution in [3.63, 3.8) is 0 Å². The summed E-state index contributed by atoms with van der Waals surface area (Å²) in [5, 5.41) is 3.59. The molecule has 0 aliphatic heterocycles. The van der Waals surface area contributed by atoms with Crippen molar-refractivity contribution in [2.24, 2.45) is 5.41 Å². The largest absolute Gasteiger partial charge is 0.314 e. The molecule has 0 aromatic rings. The van der Waals surface area contributed by atoms with E-state index in [1.807, 2.05) is 0 Å². The number of hydrogen-bond acceptors (Lipinski definition) is 1. The Morgan fingerprint density at radius 1 is 1.23 bits per heavy atom. The minimum absolute atomic E-state index is 0.553. The van der Waals surface area contributed by atoms with Crippen LogP contribution in [0.2, 0.25) is 0 Å². The lowest BCUT2D eigenvalue weighted by Crippen LogP contribution is -2.23. The molecule has 0 heterocycles. The van der Waals surface area contributed by atoms with Crippen LogP contribution in [-0.2, 0) is 0 Å². The first-order chi connectivity index (χ1) is 6.14. The van der Waals surface area contributed by atoms with E-state index in [1.54, 1.807) is 0 Å². The first-order valence-electron chi connectivity index (χ1n) is 5.87. The Labute approximate surface area is 83.3 Å². The van der Waals surface area contributed by atoms with Crippen molar-refractivity contribution in [3.05, 3.63) is 0 Å². The maximum Gasteiger partial charge on any atom is 0.00682 e. The smallest absolute Gasteiger partial charge is 0.00682 e. The van der Waals surface area contributed by atoms with E-state index in [1.165, 1.54) is 45.1 Å². The summed E-state index contributed by atoms with van der Waals surface area (Å²) >= 11 is 0. The van der Waals surface area contributed by atoms with Crippen LogP contribution in [0.25, 0.3) is 0 Å². The quantitative estimate of drug-likeness (QED) is 0.638. The molecule has 0 bridgehead atoms. The van der Waals surface area contributed by atoms with E-state index in [9.17, 15) is 0 Å². The number of hydrogen-bond donors (Lipinski definition) is 1. The topological polar surface area (TPSA) is 12.0 Å². The molecular weight excluding hydrogens is 158 g/mol. The molecule has 1 saturated carbocycles. The standard InChI is InChI=1S/C12H25N/c1-4-5-8-12(2,3)9-10-13-11-6-7-11/h11,13H,4-10H2,1-3H3. The maximum absolute atomic E-state index is 3.59. The molecular formula is C12H25N. The third-order valence-corrected chi connectivity index (χ3v) is 3.02. The molecule has 13 heavy (non-hydrogen) atoms. The fourth-order valence-corrected chi connectivity index (χ4v) is 1.68. The lowest BCUT2D eigenvalue weighted by Gasteiger charge is -2.24. The van der Waals surface area contributed by atoms with Gasteiger partial charge in [-0.2, -0.15) is 0 Å². The molecule has 1 heteroatoms. The molecule has 78 valence electrons. The molecule has 1 rings (SSSR count). The van der Waals surface area contributed by atoms with Gasteiger partial charge in [0.1, 0.15) is 0 Å². The van der Waals surface area contributed by atoms with Crippen molar-refractivity contribution < 1.29 is 0 Å². The third-order valence-electron chi connectivity index (χ3n) is 3.02. The molecule has 0 aromatic heterocycles. The molecule has 0 spiro atoms. The monoisotopic (exact) mass is 183 g/mol. The Bertz CT molecular complexity index is 136. The molecule has 1 aliphatic rings. The summed E-state index contributed by atoms with van der Waals surface area (Å²) in [7, 11) is 0. The van der Waals surface area contributed by atoms with Crippen molar-refractivity contribution in [1.29, 1.82) is 0 Å². The number of unbranched alkanes of at least 4 members (excludes halogenated alkanes) is 1. The van der Waals surface area contributed by atoms with Crippen molar-refractivity contribution in [2.45, 2.75) is 65.3 Å². The Balaban J connectivity index is 2.01. The van der Waals surface area contributed by atoms with Crippen LogP contribution in [-0.4, -0.2) is 12.6 Å². The van der Waals surface area contributed by atoms with Gasteiger partial charge in [0.15, 0.2) is 0 Å². The zero-order valence-electron chi connectivity index (χ0n) is 9.53. The Kier molecular flexibility index (Phi) is 4.24. The molecule has 0 amide bonds. The van der Waals surface area contributed by atoms with E-state index in [-0.39, 0.29) is 0 Å². The fraction of sp³-hybridized carbons (Fsp3) is 1.00. The second-order valence-electron chi connectivity index (χ2n) is 5.25. The number of rotatable bonds is 7. The summed E-state index contributed by atoms with van der Waals surface area (Å²) < 4.78 is 0. The van der Waals surface area contributed by atoms with Gasteiger partial charge in [-0.15, -0.1) is 0 Å². The minimum atomic E-state index is 0.553. The van der Waals surface area contributed by atoms with E-state index in [0.717, 1.165) is 6.04 Å². The van der Waals surface area contributed by atoms with Gasteiger partial charge in [0.05, 0.1) is 0 Å². The minimum Gasteiger partial charge on any atom is -0.314 e. The maximum atomic E-state index is 3.59. The van der Waals surface area contributed by atoms with E-state index in [4.69, 9.17) is 0 Å². The second kappa shape index (κ2) is 4.99. The third kappa shape index (κ3) is 5.30. The average molecular weight is 183 g/mol. The normalized spacial score (nSPS) is 17.8. The van der Waals surface area contributed by atoms with Crippen molar-refractivity contribution in [1.82, 2.24) is 5.32 Å². The highest BCUT2D eigenvalue weighted by molar-refractivity contribution is 4.81. The first-order valence-corrected chi connectivity index (χ1v) is 5.87. The van der Waals surface area contributed by atoms with E-state index in [2.05, 4.69) is 26.1 Å². The van der Waals surface area contributed by atoms with Crippen LogP contribution < -0.4 is 5.32 Å². The zero-order valence-corrected chi connectivity index (χ0v) is 9.53. The average Bonchev–Trinajstić information content (AvgIpc) is 2.84. The predicted octanol–water partition coefficient (Wildman–Crippen LogP) is 3.34. The lowest BCUT2D eigenvalue weighted by atomic mass is 9.84. The lowest BCUT2D eigenvalue weighted by molar-refractivity contribution is 0.292. The highest BCUT2D eigenvalue weighted by Crippen LogP contribution is 2.27. The summed E-state index contributed by atoms with van der Waals surface area (Å²) in [5.74, 6) is 0. The van der Waals surface area contributed by atoms with Crippen LogP contribution >= 0.6 is 0 Å². The SMILES string of the molecule is CCCCC(C)(C)CCNC1CC1. The van der Waals surface area contributed by atoms with Gasteiger partial charge in [0.2, 0.25) is 0 Å². The van der Waals surface area contributed by atoms with Gasteiger partial charge in [-0.25, -0.2) is 0 Å². The first kappa shape index (κ1) is 11.0. The van der Waals surface area contributed by atoms with Gasteiger partial charge < -0.3 is 5.32 Å². The highest BCUT2D eigenvalue weighted by atomic mass is 14.9. The summed E-state index contributed by atoms with van der Waals surface area (Å²) in [5.41, 5.74) is 0.553. The summed E-state index contributed by atoms with van der Waals surface area (Å²) in [6.45, 7) is 8.30. The molecule has 0 atom stereocenters.